The Morgan fingerprint density at radius 3 is 1.81 bits per heavy atom. The van der Waals surface area contributed by atoms with E-state index in [-0.39, 0.29) is 6.61 Å². The zero-order valence-electron chi connectivity index (χ0n) is 32.7. The van der Waals surface area contributed by atoms with Crippen LogP contribution >= 0.6 is 0 Å². The first kappa shape index (κ1) is 50.8. The van der Waals surface area contributed by atoms with E-state index >= 15 is 0 Å². The fourth-order valence-corrected chi connectivity index (χ4v) is 7.48. The van der Waals surface area contributed by atoms with Gasteiger partial charge in [-0.05, 0) is 6.04 Å². The number of carboxylic acids is 2. The first-order valence-electron chi connectivity index (χ1n) is 18.6. The van der Waals surface area contributed by atoms with E-state index in [1.807, 2.05) is 19.6 Å². The van der Waals surface area contributed by atoms with Crippen molar-refractivity contribution in [2.45, 2.75) is 149 Å². The van der Waals surface area contributed by atoms with Gasteiger partial charge in [0.05, 0.1) is 44.1 Å². The molecule has 26 heteroatoms. The molecular formula is C33H58N2O23Si. The Hall–Kier alpha value is -2.58. The van der Waals surface area contributed by atoms with Crippen molar-refractivity contribution in [1.29, 1.82) is 0 Å². The highest BCUT2D eigenvalue weighted by Crippen LogP contribution is 2.41. The summed E-state index contributed by atoms with van der Waals surface area (Å²) >= 11 is 0. The second-order valence-electron chi connectivity index (χ2n) is 15.9. The van der Waals surface area contributed by atoms with E-state index in [1.165, 1.54) is 0 Å². The number of carboxylic acid groups (broad SMARTS) is 2. The minimum Gasteiger partial charge on any atom is -0.477 e. The van der Waals surface area contributed by atoms with Crippen molar-refractivity contribution in [3.63, 3.8) is 0 Å². The minimum atomic E-state index is -3.22. The number of aliphatic hydroxyl groups is 11. The Morgan fingerprint density at radius 1 is 0.780 bits per heavy atom. The van der Waals surface area contributed by atoms with Crippen LogP contribution in [-0.2, 0) is 47.6 Å². The molecule has 0 aliphatic carbocycles. The van der Waals surface area contributed by atoms with Crippen LogP contribution in [0.3, 0.4) is 0 Å². The molecule has 15 N–H and O–H groups in total. The number of hydrogen-bond donors (Lipinski definition) is 15. The van der Waals surface area contributed by atoms with Gasteiger partial charge >= 0.3 is 11.9 Å². The number of carbonyl (C=O) groups excluding carboxylic acids is 2. The third kappa shape index (κ3) is 12.3. The zero-order chi connectivity index (χ0) is 44.8. The van der Waals surface area contributed by atoms with Crippen LogP contribution in [0, 0.1) is 0 Å². The number of hydrogen-bond acceptors (Lipinski definition) is 21. The lowest BCUT2D eigenvalue weighted by Gasteiger charge is -2.52. The highest BCUT2D eigenvalue weighted by Gasteiger charge is 2.62. The largest absolute Gasteiger partial charge is 0.477 e. The van der Waals surface area contributed by atoms with Crippen molar-refractivity contribution >= 4 is 31.8 Å². The third-order valence-corrected chi connectivity index (χ3v) is 11.8. The average molecular weight is 879 g/mol. The van der Waals surface area contributed by atoms with E-state index < -0.39 is 174 Å². The number of nitrogens with one attached hydrogen (secondary N) is 2. The normalized spacial score (nSPS) is 37.4. The summed E-state index contributed by atoms with van der Waals surface area (Å²) in [6.07, 6.45) is -28.6. The van der Waals surface area contributed by atoms with Crippen LogP contribution in [0.25, 0.3) is 0 Å². The second kappa shape index (κ2) is 21.0. The SMILES string of the molecule is CC(=O)N[C@H]1[C@H]([C@H](O)[C@H](O)CO)O[C@@](OC[C@H]2O[C@@H](OCC[Si](C)(C)C)[C@H](O)[C@@H](O)[C@@H]2O)(C(=O)O)C[C@@H]1O[C@]1(C(=O)O)C[C@H](O)[C@@H](NC(=O)CO)[C@H]([C@H](O)[C@H](O)CO)O1. The summed E-state index contributed by atoms with van der Waals surface area (Å²) in [4.78, 5) is 50.9. The van der Waals surface area contributed by atoms with Crippen molar-refractivity contribution < 1.29 is 114 Å². The second-order valence-corrected chi connectivity index (χ2v) is 21.5. The lowest BCUT2D eigenvalue weighted by Crippen LogP contribution is -2.72. The molecule has 3 aliphatic heterocycles. The van der Waals surface area contributed by atoms with Crippen LogP contribution in [0.5, 0.6) is 0 Å². The van der Waals surface area contributed by atoms with Crippen molar-refractivity contribution in [2.24, 2.45) is 0 Å². The predicted molar refractivity (Wildman–Crippen MR) is 192 cm³/mol. The minimum absolute atomic E-state index is 0.0693. The highest BCUT2D eigenvalue weighted by atomic mass is 28.3. The Labute approximate surface area is 338 Å². The third-order valence-electron chi connectivity index (χ3n) is 10.1. The number of ether oxygens (including phenoxy) is 6. The smallest absolute Gasteiger partial charge is 0.364 e. The molecule has 0 aromatic rings. The van der Waals surface area contributed by atoms with Gasteiger partial charge in [0.1, 0.15) is 67.6 Å². The molecule has 0 radical (unpaired) electrons. The van der Waals surface area contributed by atoms with Gasteiger partial charge in [0, 0.05) is 34.4 Å². The lowest BCUT2D eigenvalue weighted by atomic mass is 9.86. The van der Waals surface area contributed by atoms with Crippen molar-refractivity contribution in [1.82, 2.24) is 10.6 Å². The van der Waals surface area contributed by atoms with E-state index in [0.29, 0.717) is 6.04 Å². The Kier molecular flexibility index (Phi) is 18.1. The Bertz CT molecular complexity index is 1430. The van der Waals surface area contributed by atoms with Gasteiger partial charge in [-0.1, -0.05) is 19.6 Å². The average Bonchev–Trinajstić information content (AvgIpc) is 3.16. The number of carbonyl (C=O) groups is 4. The summed E-state index contributed by atoms with van der Waals surface area (Å²) in [7, 11) is -1.67. The first-order valence-corrected chi connectivity index (χ1v) is 22.3. The van der Waals surface area contributed by atoms with E-state index in [4.69, 9.17) is 28.4 Å². The highest BCUT2D eigenvalue weighted by molar-refractivity contribution is 6.76. The van der Waals surface area contributed by atoms with Crippen LogP contribution in [0.4, 0.5) is 0 Å². The van der Waals surface area contributed by atoms with Gasteiger partial charge in [-0.3, -0.25) is 9.59 Å². The number of aliphatic hydroxyl groups excluding tert-OH is 11. The molecule has 0 aromatic carbocycles. The molecule has 59 heavy (non-hydrogen) atoms. The maximum absolute atomic E-state index is 13.2. The van der Waals surface area contributed by atoms with Crippen molar-refractivity contribution in [3.8, 4) is 0 Å². The first-order chi connectivity index (χ1) is 27.4. The van der Waals surface area contributed by atoms with Crippen molar-refractivity contribution in [2.75, 3.05) is 33.0 Å². The van der Waals surface area contributed by atoms with E-state index in [2.05, 4.69) is 10.6 Å². The van der Waals surface area contributed by atoms with E-state index in [9.17, 15) is 85.6 Å². The van der Waals surface area contributed by atoms with Crippen LogP contribution in [0.1, 0.15) is 19.8 Å². The fraction of sp³-hybridized carbons (Fsp3) is 0.879. The predicted octanol–water partition coefficient (Wildman–Crippen LogP) is -7.54. The van der Waals surface area contributed by atoms with Gasteiger partial charge in [0.2, 0.25) is 11.8 Å². The molecular weight excluding hydrogens is 820 g/mol. The number of aliphatic carboxylic acids is 2. The number of rotatable bonds is 20. The van der Waals surface area contributed by atoms with E-state index in [0.717, 1.165) is 6.92 Å². The molecule has 3 fully saturated rings. The molecule has 3 saturated heterocycles. The summed E-state index contributed by atoms with van der Waals surface area (Å²) in [5, 5.41) is 140. The van der Waals surface area contributed by atoms with Gasteiger partial charge in [-0.15, -0.1) is 0 Å². The summed E-state index contributed by atoms with van der Waals surface area (Å²) < 4.78 is 34.2. The zero-order valence-corrected chi connectivity index (χ0v) is 33.7. The maximum Gasteiger partial charge on any atom is 0.364 e. The molecule has 3 rings (SSSR count). The summed E-state index contributed by atoms with van der Waals surface area (Å²) in [5.41, 5.74) is 0. The van der Waals surface area contributed by atoms with Gasteiger partial charge in [-0.2, -0.15) is 0 Å². The molecule has 0 saturated carbocycles. The molecule has 3 aliphatic rings. The molecule has 17 atom stereocenters. The van der Waals surface area contributed by atoms with Gasteiger partial charge < -0.3 is 105 Å². The maximum atomic E-state index is 13.2. The Balaban J connectivity index is 2.12. The molecule has 0 bridgehead atoms. The summed E-state index contributed by atoms with van der Waals surface area (Å²) in [5.74, 6) is -12.6. The molecule has 2 amide bonds. The molecule has 0 aromatic heterocycles. The van der Waals surface area contributed by atoms with Crippen LogP contribution in [-0.4, -0.2) is 234 Å². The quantitative estimate of drug-likeness (QED) is 0.0505. The molecule has 0 spiro atoms. The monoisotopic (exact) mass is 878 g/mol. The van der Waals surface area contributed by atoms with Crippen LogP contribution in [0.15, 0.2) is 0 Å². The molecule has 342 valence electrons. The molecule has 0 unspecified atom stereocenters. The summed E-state index contributed by atoms with van der Waals surface area (Å²) in [6, 6.07) is -3.08. The topological polar surface area (TPSA) is 411 Å². The molecule has 25 nitrogen and oxygen atoms in total. The van der Waals surface area contributed by atoms with Gasteiger partial charge in [0.25, 0.3) is 11.6 Å². The standard InChI is InChI=1S/C33H58N2O23Si/c1-13(39)34-21-17(56-33(31(51)52)7-14(40)20(35-19(43)11-38)27(58-33)22(44)15(41)9-36)8-32(30(49)50,57-28(21)23(45)16(42)10-37)54-12-18-24(46)25(47)26(48)29(55-18)53-5-6-59(2,3)4/h14-18,20-29,36-38,40-42,44-48H,5-12H2,1-4H3,(H,34,39)(H,35,43)(H,49,50)(H,51,52)/t14-,15+,16+,17-,18+,20+,21+,22+,23+,24+,25-,26+,27+,28+,29+,32+,33+/m0/s1. The van der Waals surface area contributed by atoms with Crippen LogP contribution in [0.2, 0.25) is 25.7 Å². The summed E-state index contributed by atoms with van der Waals surface area (Å²) in [6.45, 7) is 2.62. The van der Waals surface area contributed by atoms with E-state index in [1.54, 1.807) is 0 Å². The lowest BCUT2D eigenvalue weighted by molar-refractivity contribution is -0.365. The molecule has 3 heterocycles. The van der Waals surface area contributed by atoms with Crippen molar-refractivity contribution in [3.05, 3.63) is 0 Å². The Morgan fingerprint density at radius 2 is 1.32 bits per heavy atom. The van der Waals surface area contributed by atoms with Gasteiger partial charge in [-0.25, -0.2) is 9.59 Å². The van der Waals surface area contributed by atoms with Crippen LogP contribution < -0.4 is 10.6 Å². The fourth-order valence-electron chi connectivity index (χ4n) is 6.75. The number of amides is 2. The van der Waals surface area contributed by atoms with Gasteiger partial charge in [0.15, 0.2) is 6.29 Å².